The first-order valence-corrected chi connectivity index (χ1v) is 11.3. The maximum Gasteiger partial charge on any atom is 0.241 e. The monoisotopic (exact) mass is 450 g/mol. The quantitative estimate of drug-likeness (QED) is 0.532. The lowest BCUT2D eigenvalue weighted by molar-refractivity contribution is -0.126. The standard InChI is InChI=1S/C25H30N4O4/c1-3-32-22-15-18(9-10-21(22)31-2)16-26-25(30)20-11-13-29(14-12-20)17-23-27-24(28-33-23)19-7-5-4-6-8-19/h4-10,15,20H,3,11-14,16-17H2,1-2H3,(H,26,30). The van der Waals surface area contributed by atoms with Gasteiger partial charge in [0.15, 0.2) is 11.5 Å². The Hall–Kier alpha value is -3.39. The topological polar surface area (TPSA) is 89.7 Å². The van der Waals surface area contributed by atoms with Crippen LogP contribution >= 0.6 is 0 Å². The number of methoxy groups -OCH3 is 1. The predicted molar refractivity (Wildman–Crippen MR) is 124 cm³/mol. The molecule has 1 aliphatic heterocycles. The Labute approximate surface area is 193 Å². The van der Waals surface area contributed by atoms with Gasteiger partial charge >= 0.3 is 0 Å². The molecule has 1 amide bonds. The van der Waals surface area contributed by atoms with Crippen molar-refractivity contribution in [1.29, 1.82) is 0 Å². The zero-order chi connectivity index (χ0) is 23.0. The summed E-state index contributed by atoms with van der Waals surface area (Å²) in [5.74, 6) is 2.68. The summed E-state index contributed by atoms with van der Waals surface area (Å²) in [6, 6.07) is 15.5. The fourth-order valence-electron chi connectivity index (χ4n) is 4.00. The molecule has 0 unspecified atom stereocenters. The molecule has 1 aromatic heterocycles. The number of nitrogens with zero attached hydrogens (tertiary/aromatic N) is 3. The van der Waals surface area contributed by atoms with Gasteiger partial charge < -0.3 is 19.3 Å². The van der Waals surface area contributed by atoms with Crippen LogP contribution in [0, 0.1) is 5.92 Å². The molecule has 1 saturated heterocycles. The van der Waals surface area contributed by atoms with Crippen LogP contribution in [0.1, 0.15) is 31.2 Å². The van der Waals surface area contributed by atoms with Crippen molar-refractivity contribution < 1.29 is 18.8 Å². The van der Waals surface area contributed by atoms with Gasteiger partial charge in [-0.15, -0.1) is 0 Å². The average Bonchev–Trinajstić information content (AvgIpc) is 3.32. The molecular weight excluding hydrogens is 420 g/mol. The largest absolute Gasteiger partial charge is 0.493 e. The Morgan fingerprint density at radius 1 is 1.15 bits per heavy atom. The Morgan fingerprint density at radius 3 is 2.67 bits per heavy atom. The molecule has 0 atom stereocenters. The van der Waals surface area contributed by atoms with Crippen molar-refractivity contribution >= 4 is 5.91 Å². The molecule has 33 heavy (non-hydrogen) atoms. The third kappa shape index (κ3) is 5.90. The molecule has 1 aliphatic rings. The number of nitrogens with one attached hydrogen (secondary N) is 1. The molecule has 8 heteroatoms. The van der Waals surface area contributed by atoms with Crippen LogP contribution in [0.5, 0.6) is 11.5 Å². The van der Waals surface area contributed by atoms with E-state index >= 15 is 0 Å². The lowest BCUT2D eigenvalue weighted by Crippen LogP contribution is -2.40. The minimum Gasteiger partial charge on any atom is -0.493 e. The third-order valence-electron chi connectivity index (χ3n) is 5.81. The summed E-state index contributed by atoms with van der Waals surface area (Å²) in [7, 11) is 1.62. The second-order valence-corrected chi connectivity index (χ2v) is 8.06. The molecule has 0 spiro atoms. The molecule has 8 nitrogen and oxygen atoms in total. The van der Waals surface area contributed by atoms with E-state index in [9.17, 15) is 4.79 Å². The summed E-state index contributed by atoms with van der Waals surface area (Å²) < 4.78 is 16.4. The second kappa shape index (κ2) is 11.0. The summed E-state index contributed by atoms with van der Waals surface area (Å²) in [4.78, 5) is 19.5. The molecule has 0 radical (unpaired) electrons. The number of carbonyl (C=O) groups excluding carboxylic acids is 1. The zero-order valence-corrected chi connectivity index (χ0v) is 19.1. The molecule has 3 aromatic rings. The fraction of sp³-hybridized carbons (Fsp3) is 0.400. The highest BCUT2D eigenvalue weighted by Crippen LogP contribution is 2.28. The van der Waals surface area contributed by atoms with Crippen molar-refractivity contribution in [3.05, 3.63) is 60.0 Å². The van der Waals surface area contributed by atoms with Gasteiger partial charge in [-0.2, -0.15) is 4.98 Å². The van der Waals surface area contributed by atoms with E-state index in [0.29, 0.717) is 42.9 Å². The molecule has 1 fully saturated rings. The summed E-state index contributed by atoms with van der Waals surface area (Å²) in [5.41, 5.74) is 1.92. The van der Waals surface area contributed by atoms with E-state index in [-0.39, 0.29) is 11.8 Å². The highest BCUT2D eigenvalue weighted by Gasteiger charge is 2.26. The van der Waals surface area contributed by atoms with E-state index in [0.717, 1.165) is 37.1 Å². The van der Waals surface area contributed by atoms with Gasteiger partial charge in [0.05, 0.1) is 20.3 Å². The lowest BCUT2D eigenvalue weighted by Gasteiger charge is -2.30. The van der Waals surface area contributed by atoms with Crippen molar-refractivity contribution in [2.45, 2.75) is 32.9 Å². The van der Waals surface area contributed by atoms with E-state index < -0.39 is 0 Å². The van der Waals surface area contributed by atoms with Crippen molar-refractivity contribution in [1.82, 2.24) is 20.4 Å². The maximum absolute atomic E-state index is 12.7. The Morgan fingerprint density at radius 2 is 1.94 bits per heavy atom. The second-order valence-electron chi connectivity index (χ2n) is 8.06. The van der Waals surface area contributed by atoms with Gasteiger partial charge in [-0.1, -0.05) is 41.6 Å². The number of hydrogen-bond donors (Lipinski definition) is 1. The first kappa shape index (κ1) is 22.8. The molecule has 2 heterocycles. The fourth-order valence-corrected chi connectivity index (χ4v) is 4.00. The van der Waals surface area contributed by atoms with Gasteiger partial charge in [0, 0.05) is 18.0 Å². The van der Waals surface area contributed by atoms with Gasteiger partial charge in [0.1, 0.15) is 0 Å². The maximum atomic E-state index is 12.7. The number of rotatable bonds is 9. The number of piperidine rings is 1. The highest BCUT2D eigenvalue weighted by atomic mass is 16.5. The molecular formula is C25H30N4O4. The molecule has 0 aliphatic carbocycles. The molecule has 1 N–H and O–H groups in total. The van der Waals surface area contributed by atoms with Crippen molar-refractivity contribution in [2.24, 2.45) is 5.92 Å². The predicted octanol–water partition coefficient (Wildman–Crippen LogP) is 3.67. The SMILES string of the molecule is CCOc1cc(CNC(=O)C2CCN(Cc3nc(-c4ccccc4)no3)CC2)ccc1OC. The van der Waals surface area contributed by atoms with Gasteiger partial charge in [-0.3, -0.25) is 9.69 Å². The van der Waals surface area contributed by atoms with Crippen LogP contribution in [0.2, 0.25) is 0 Å². The third-order valence-corrected chi connectivity index (χ3v) is 5.81. The number of amides is 1. The number of hydrogen-bond acceptors (Lipinski definition) is 7. The summed E-state index contributed by atoms with van der Waals surface area (Å²) in [6.07, 6.45) is 1.61. The molecule has 2 aromatic carbocycles. The smallest absolute Gasteiger partial charge is 0.241 e. The molecule has 174 valence electrons. The zero-order valence-electron chi connectivity index (χ0n) is 19.1. The minimum atomic E-state index is 0.00780. The van der Waals surface area contributed by atoms with Gasteiger partial charge in [-0.25, -0.2) is 0 Å². The van der Waals surface area contributed by atoms with Crippen molar-refractivity contribution in [2.75, 3.05) is 26.8 Å². The van der Waals surface area contributed by atoms with E-state index in [1.807, 2.05) is 55.5 Å². The van der Waals surface area contributed by atoms with Crippen molar-refractivity contribution in [3.8, 4) is 22.9 Å². The van der Waals surface area contributed by atoms with E-state index in [1.54, 1.807) is 7.11 Å². The average molecular weight is 451 g/mol. The van der Waals surface area contributed by atoms with E-state index in [4.69, 9.17) is 14.0 Å². The first-order chi connectivity index (χ1) is 16.2. The van der Waals surface area contributed by atoms with Crippen LogP contribution < -0.4 is 14.8 Å². The Kier molecular flexibility index (Phi) is 7.57. The molecule has 4 rings (SSSR count). The number of aromatic nitrogens is 2. The number of likely N-dealkylation sites (tertiary alicyclic amines) is 1. The van der Waals surface area contributed by atoms with Crippen LogP contribution in [-0.2, 0) is 17.9 Å². The van der Waals surface area contributed by atoms with Crippen LogP contribution in [0.15, 0.2) is 53.1 Å². The van der Waals surface area contributed by atoms with E-state index in [2.05, 4.69) is 20.4 Å². The molecule has 0 bridgehead atoms. The number of carbonyl (C=O) groups is 1. The van der Waals surface area contributed by atoms with Crippen LogP contribution in [0.3, 0.4) is 0 Å². The Balaban J connectivity index is 1.24. The van der Waals surface area contributed by atoms with Crippen LogP contribution in [0.25, 0.3) is 11.4 Å². The minimum absolute atomic E-state index is 0.00780. The highest BCUT2D eigenvalue weighted by molar-refractivity contribution is 5.78. The van der Waals surface area contributed by atoms with Gasteiger partial charge in [0.2, 0.25) is 17.6 Å². The van der Waals surface area contributed by atoms with E-state index in [1.165, 1.54) is 0 Å². The summed E-state index contributed by atoms with van der Waals surface area (Å²) in [5, 5.41) is 7.15. The summed E-state index contributed by atoms with van der Waals surface area (Å²) >= 11 is 0. The number of benzene rings is 2. The first-order valence-electron chi connectivity index (χ1n) is 11.3. The Bertz CT molecular complexity index is 1050. The molecule has 0 saturated carbocycles. The normalized spacial score (nSPS) is 14.7. The van der Waals surface area contributed by atoms with Crippen LogP contribution in [0.4, 0.5) is 0 Å². The lowest BCUT2D eigenvalue weighted by atomic mass is 9.96. The van der Waals surface area contributed by atoms with Crippen molar-refractivity contribution in [3.63, 3.8) is 0 Å². The summed E-state index contributed by atoms with van der Waals surface area (Å²) in [6.45, 7) is 5.19. The number of ether oxygens (including phenoxy) is 2. The van der Waals surface area contributed by atoms with Crippen LogP contribution in [-0.4, -0.2) is 47.8 Å². The van der Waals surface area contributed by atoms with Gasteiger partial charge in [-0.05, 0) is 50.6 Å². The van der Waals surface area contributed by atoms with Gasteiger partial charge in [0.25, 0.3) is 0 Å².